The highest BCUT2D eigenvalue weighted by Crippen LogP contribution is 2.31. The highest BCUT2D eigenvalue weighted by atomic mass is 35.5. The number of halogens is 1. The molecule has 0 aliphatic heterocycles. The van der Waals surface area contributed by atoms with Gasteiger partial charge in [-0.2, -0.15) is 0 Å². The largest absolute Gasteiger partial charge is 0.474 e. The molecule has 2 aromatic heterocycles. The van der Waals surface area contributed by atoms with Crippen LogP contribution in [0.2, 0.25) is 5.02 Å². The van der Waals surface area contributed by atoms with Crippen LogP contribution < -0.4 is 16.0 Å². The number of hydrogen-bond donors (Lipinski definition) is 1. The van der Waals surface area contributed by atoms with Gasteiger partial charge in [-0.25, -0.2) is 4.98 Å². The minimum Gasteiger partial charge on any atom is -0.474 e. The van der Waals surface area contributed by atoms with Gasteiger partial charge in [0.25, 0.3) is 5.56 Å². The van der Waals surface area contributed by atoms with E-state index in [1.54, 1.807) is 42.2 Å². The lowest BCUT2D eigenvalue weighted by Crippen LogP contribution is -2.21. The number of ether oxygens (including phenoxy) is 1. The summed E-state index contributed by atoms with van der Waals surface area (Å²) in [4.78, 5) is 22.5. The van der Waals surface area contributed by atoms with E-state index in [4.69, 9.17) is 27.1 Å². The molecule has 160 valence electrons. The molecule has 0 bridgehead atoms. The molecule has 1 aliphatic rings. The van der Waals surface area contributed by atoms with Gasteiger partial charge in [-0.15, -0.1) is 0 Å². The van der Waals surface area contributed by atoms with Crippen molar-refractivity contribution in [1.82, 2.24) is 9.55 Å². The average Bonchev–Trinajstić information content (AvgIpc) is 3.60. The van der Waals surface area contributed by atoms with E-state index in [2.05, 4.69) is 4.99 Å². The van der Waals surface area contributed by atoms with E-state index in [0.29, 0.717) is 33.4 Å². The molecule has 0 saturated heterocycles. The van der Waals surface area contributed by atoms with Gasteiger partial charge in [0.15, 0.2) is 0 Å². The monoisotopic (exact) mass is 444 g/mol. The first-order chi connectivity index (χ1) is 15.5. The van der Waals surface area contributed by atoms with Crippen molar-refractivity contribution in [1.29, 1.82) is 0 Å². The third-order valence-corrected chi connectivity index (χ3v) is 5.65. The van der Waals surface area contributed by atoms with Gasteiger partial charge in [0.1, 0.15) is 6.10 Å². The summed E-state index contributed by atoms with van der Waals surface area (Å²) >= 11 is 6.09. The fourth-order valence-corrected chi connectivity index (χ4v) is 3.76. The van der Waals surface area contributed by atoms with Gasteiger partial charge < -0.3 is 10.5 Å². The zero-order valence-corrected chi connectivity index (χ0v) is 18.2. The van der Waals surface area contributed by atoms with E-state index >= 15 is 0 Å². The molecule has 2 heterocycles. The summed E-state index contributed by atoms with van der Waals surface area (Å²) in [5.41, 5.74) is 9.72. The van der Waals surface area contributed by atoms with Crippen LogP contribution >= 0.6 is 11.6 Å². The van der Waals surface area contributed by atoms with Crippen LogP contribution in [0, 0.1) is 0 Å². The first-order valence-corrected chi connectivity index (χ1v) is 10.7. The first kappa shape index (κ1) is 20.3. The molecule has 0 atom stereocenters. The Kier molecular flexibility index (Phi) is 5.15. The van der Waals surface area contributed by atoms with Crippen LogP contribution in [-0.2, 0) is 0 Å². The van der Waals surface area contributed by atoms with Gasteiger partial charge in [0, 0.05) is 52.9 Å². The number of aliphatic imine (C=N–C) groups is 1. The second kappa shape index (κ2) is 8.13. The third kappa shape index (κ3) is 3.85. The summed E-state index contributed by atoms with van der Waals surface area (Å²) in [6.45, 7) is 0. The lowest BCUT2D eigenvalue weighted by Gasteiger charge is -2.14. The first-order valence-electron chi connectivity index (χ1n) is 10.3. The lowest BCUT2D eigenvalue weighted by molar-refractivity contribution is 0.292. The van der Waals surface area contributed by atoms with Gasteiger partial charge in [0.05, 0.1) is 11.1 Å². The molecular weight excluding hydrogens is 424 g/mol. The summed E-state index contributed by atoms with van der Waals surface area (Å²) in [5.74, 6) is 0.529. The lowest BCUT2D eigenvalue weighted by atomic mass is 10.0. The summed E-state index contributed by atoms with van der Waals surface area (Å²) in [6, 6.07) is 16.4. The molecular formula is C25H21ClN4O2. The van der Waals surface area contributed by atoms with E-state index in [9.17, 15) is 4.79 Å². The number of fused-ring (bicyclic) bond motifs is 1. The van der Waals surface area contributed by atoms with Crippen molar-refractivity contribution in [3.05, 3.63) is 81.7 Å². The zero-order valence-electron chi connectivity index (χ0n) is 17.5. The van der Waals surface area contributed by atoms with Crippen molar-refractivity contribution in [2.45, 2.75) is 18.9 Å². The molecule has 2 aromatic carbocycles. The molecule has 6 nitrogen and oxygen atoms in total. The topological polar surface area (TPSA) is 82.5 Å². The van der Waals surface area contributed by atoms with Gasteiger partial charge >= 0.3 is 0 Å². The van der Waals surface area contributed by atoms with Crippen LogP contribution in [-0.4, -0.2) is 28.9 Å². The molecule has 1 aliphatic carbocycles. The molecule has 5 rings (SSSR count). The minimum atomic E-state index is -0.194. The molecule has 2 N–H and O–H groups in total. The molecule has 1 fully saturated rings. The van der Waals surface area contributed by atoms with Crippen molar-refractivity contribution in [3.63, 3.8) is 0 Å². The highest BCUT2D eigenvalue weighted by Gasteiger charge is 2.24. The number of hydrogen-bond acceptors (Lipinski definition) is 5. The van der Waals surface area contributed by atoms with Crippen LogP contribution in [0.15, 0.2) is 70.6 Å². The summed E-state index contributed by atoms with van der Waals surface area (Å²) in [6.07, 6.45) is 5.75. The van der Waals surface area contributed by atoms with E-state index in [1.807, 2.05) is 36.4 Å². The van der Waals surface area contributed by atoms with E-state index in [-0.39, 0.29) is 11.7 Å². The molecule has 1 saturated carbocycles. The number of benzene rings is 2. The van der Waals surface area contributed by atoms with Crippen molar-refractivity contribution >= 4 is 34.4 Å². The van der Waals surface area contributed by atoms with Gasteiger partial charge in [-0.3, -0.25) is 14.4 Å². The van der Waals surface area contributed by atoms with Crippen LogP contribution in [0.3, 0.4) is 0 Å². The second-order valence-corrected chi connectivity index (χ2v) is 8.23. The van der Waals surface area contributed by atoms with Crippen LogP contribution in [0.1, 0.15) is 18.4 Å². The molecule has 0 spiro atoms. The Bertz CT molecular complexity index is 1410. The maximum atomic E-state index is 13.8. The van der Waals surface area contributed by atoms with Crippen molar-refractivity contribution in [2.24, 2.45) is 4.99 Å². The Morgan fingerprint density at radius 3 is 2.66 bits per heavy atom. The van der Waals surface area contributed by atoms with E-state index < -0.39 is 0 Å². The van der Waals surface area contributed by atoms with Gasteiger partial charge in [0.2, 0.25) is 5.88 Å². The molecule has 0 radical (unpaired) electrons. The summed E-state index contributed by atoms with van der Waals surface area (Å²) in [7, 11) is 1.68. The average molecular weight is 445 g/mol. The second-order valence-electron chi connectivity index (χ2n) is 7.79. The standard InChI is InChI=1S/C25H21ClN4O2/c1-28-13-17-12-19(7-10-21(17)27)30-14-16-4-11-22(32-20-8-9-20)29-24(16)23(25(30)31)15-2-5-18(26)6-3-15/h2-7,10-14,20H,8-9,27H2,1H3. The Morgan fingerprint density at radius 2 is 1.94 bits per heavy atom. The fourth-order valence-electron chi connectivity index (χ4n) is 3.63. The van der Waals surface area contributed by atoms with Crippen LogP contribution in [0.5, 0.6) is 5.88 Å². The zero-order chi connectivity index (χ0) is 22.2. The van der Waals surface area contributed by atoms with Crippen LogP contribution in [0.4, 0.5) is 5.69 Å². The molecule has 0 unspecified atom stereocenters. The smallest absolute Gasteiger partial charge is 0.265 e. The maximum Gasteiger partial charge on any atom is 0.265 e. The molecule has 7 heteroatoms. The highest BCUT2D eigenvalue weighted by molar-refractivity contribution is 6.30. The summed E-state index contributed by atoms with van der Waals surface area (Å²) in [5, 5.41) is 1.42. The number of nitrogens with zero attached hydrogens (tertiary/aromatic N) is 3. The van der Waals surface area contributed by atoms with Crippen LogP contribution in [0.25, 0.3) is 27.7 Å². The summed E-state index contributed by atoms with van der Waals surface area (Å²) < 4.78 is 7.50. The molecule has 32 heavy (non-hydrogen) atoms. The maximum absolute atomic E-state index is 13.8. The fraction of sp³-hybridized carbons (Fsp3) is 0.160. The SMILES string of the molecule is CN=Cc1cc(-n2cc3ccc(OC4CC4)nc3c(-c3ccc(Cl)cc3)c2=O)ccc1N. The number of aromatic nitrogens is 2. The quantitative estimate of drug-likeness (QED) is 0.351. The number of nitrogen functional groups attached to an aromatic ring is 1. The van der Waals surface area contributed by atoms with Crippen molar-refractivity contribution in [3.8, 4) is 22.7 Å². The van der Waals surface area contributed by atoms with Crippen molar-refractivity contribution < 1.29 is 4.74 Å². The number of pyridine rings is 2. The Morgan fingerprint density at radius 1 is 1.16 bits per heavy atom. The molecule has 0 amide bonds. The predicted molar refractivity (Wildman–Crippen MR) is 129 cm³/mol. The predicted octanol–water partition coefficient (Wildman–Crippen LogP) is 4.88. The Labute approximate surface area is 190 Å². The van der Waals surface area contributed by atoms with E-state index in [0.717, 1.165) is 29.4 Å². The minimum absolute atomic E-state index is 0.194. The van der Waals surface area contributed by atoms with Gasteiger partial charge in [-0.05, 0) is 54.8 Å². The Hall–Kier alpha value is -3.64. The molecule has 4 aromatic rings. The normalized spacial score (nSPS) is 13.7. The van der Waals surface area contributed by atoms with Crippen molar-refractivity contribution in [2.75, 3.05) is 12.8 Å². The Balaban J connectivity index is 1.76. The number of anilines is 1. The van der Waals surface area contributed by atoms with Gasteiger partial charge in [-0.1, -0.05) is 23.7 Å². The number of nitrogens with two attached hydrogens (primary N) is 1. The number of rotatable bonds is 5. The third-order valence-electron chi connectivity index (χ3n) is 5.40. The van der Waals surface area contributed by atoms with E-state index in [1.165, 1.54) is 0 Å².